The van der Waals surface area contributed by atoms with E-state index in [0.29, 0.717) is 6.54 Å². The molecule has 4 nitrogen and oxygen atoms in total. The molecule has 1 aliphatic heterocycles. The van der Waals surface area contributed by atoms with Gasteiger partial charge in [0.05, 0.1) is 0 Å². The molecular weight excluding hydrogens is 320 g/mol. The Kier molecular flexibility index (Phi) is 4.27. The molecule has 0 bridgehead atoms. The lowest BCUT2D eigenvalue weighted by molar-refractivity contribution is -0.139. The normalized spacial score (nSPS) is 20.5. The summed E-state index contributed by atoms with van der Waals surface area (Å²) < 4.78 is 1.29. The molecule has 2 heterocycles. The van der Waals surface area contributed by atoms with E-state index in [2.05, 4.69) is 35.0 Å². The van der Waals surface area contributed by atoms with Gasteiger partial charge in [0.25, 0.3) is 0 Å². The number of rotatable bonds is 5. The van der Waals surface area contributed by atoms with Crippen LogP contribution in [0.15, 0.2) is 29.6 Å². The Morgan fingerprint density at radius 1 is 1.21 bits per heavy atom. The van der Waals surface area contributed by atoms with Crippen LogP contribution in [0.4, 0.5) is 0 Å². The first-order valence-corrected chi connectivity index (χ1v) is 9.65. The summed E-state index contributed by atoms with van der Waals surface area (Å²) in [5, 5.41) is 6.50. The van der Waals surface area contributed by atoms with Crippen LogP contribution in [-0.2, 0) is 16.0 Å². The van der Waals surface area contributed by atoms with Crippen LogP contribution >= 0.6 is 11.3 Å². The predicted molar refractivity (Wildman–Crippen MR) is 96.0 cm³/mol. The van der Waals surface area contributed by atoms with Crippen LogP contribution in [0.2, 0.25) is 0 Å². The number of hydrogen-bond acceptors (Lipinski definition) is 3. The SMILES string of the molecule is O=C(NCCc1csc2ccccc12)[C@H]1CCCN1C(=O)C1CC1. The van der Waals surface area contributed by atoms with E-state index in [4.69, 9.17) is 0 Å². The highest BCUT2D eigenvalue weighted by Gasteiger charge is 2.40. The van der Waals surface area contributed by atoms with Crippen LogP contribution < -0.4 is 5.32 Å². The van der Waals surface area contributed by atoms with E-state index in [1.807, 2.05) is 4.90 Å². The Labute approximate surface area is 145 Å². The number of thiophene rings is 1. The van der Waals surface area contributed by atoms with Crippen molar-refractivity contribution in [3.63, 3.8) is 0 Å². The molecule has 1 saturated carbocycles. The van der Waals surface area contributed by atoms with Gasteiger partial charge in [-0.3, -0.25) is 9.59 Å². The highest BCUT2D eigenvalue weighted by Crippen LogP contribution is 2.33. The maximum absolute atomic E-state index is 12.5. The van der Waals surface area contributed by atoms with Gasteiger partial charge in [-0.2, -0.15) is 0 Å². The fourth-order valence-corrected chi connectivity index (χ4v) is 4.53. The molecule has 1 N–H and O–H groups in total. The fourth-order valence-electron chi connectivity index (χ4n) is 3.53. The number of amides is 2. The van der Waals surface area contributed by atoms with Crippen molar-refractivity contribution >= 4 is 33.2 Å². The van der Waals surface area contributed by atoms with Gasteiger partial charge in [0.1, 0.15) is 6.04 Å². The van der Waals surface area contributed by atoms with Crippen molar-refractivity contribution in [3.05, 3.63) is 35.2 Å². The quantitative estimate of drug-likeness (QED) is 0.908. The molecule has 2 aromatic rings. The summed E-state index contributed by atoms with van der Waals surface area (Å²) in [5.41, 5.74) is 1.29. The number of nitrogens with one attached hydrogen (secondary N) is 1. The zero-order chi connectivity index (χ0) is 16.5. The second-order valence-corrected chi connectivity index (χ2v) is 7.67. The number of carbonyl (C=O) groups excluding carboxylic acids is 2. The molecule has 1 aromatic carbocycles. The monoisotopic (exact) mass is 342 g/mol. The second kappa shape index (κ2) is 6.55. The molecule has 2 amide bonds. The molecule has 0 spiro atoms. The molecule has 1 saturated heterocycles. The number of nitrogens with zero attached hydrogens (tertiary/aromatic N) is 1. The Bertz CT molecular complexity index is 766. The standard InChI is InChI=1S/C19H22N2O2S/c22-18(16-5-3-11-21(16)19(23)13-7-8-13)20-10-9-14-12-24-17-6-2-1-4-15(14)17/h1-2,4,6,12-13,16H,3,5,7-11H2,(H,20,22)/t16-/m1/s1. The Balaban J connectivity index is 1.33. The third-order valence-electron chi connectivity index (χ3n) is 5.02. The van der Waals surface area contributed by atoms with Crippen molar-refractivity contribution in [1.82, 2.24) is 10.2 Å². The fraction of sp³-hybridized carbons (Fsp3) is 0.474. The highest BCUT2D eigenvalue weighted by molar-refractivity contribution is 7.17. The summed E-state index contributed by atoms with van der Waals surface area (Å²) in [6.07, 6.45) is 4.56. The van der Waals surface area contributed by atoms with E-state index in [-0.39, 0.29) is 23.8 Å². The number of fused-ring (bicyclic) bond motifs is 1. The summed E-state index contributed by atoms with van der Waals surface area (Å²) in [6.45, 7) is 1.37. The summed E-state index contributed by atoms with van der Waals surface area (Å²) in [7, 11) is 0. The van der Waals surface area contributed by atoms with Gasteiger partial charge in [-0.15, -0.1) is 11.3 Å². The van der Waals surface area contributed by atoms with Gasteiger partial charge in [-0.05, 0) is 54.5 Å². The maximum atomic E-state index is 12.5. The van der Waals surface area contributed by atoms with E-state index in [0.717, 1.165) is 38.6 Å². The molecule has 126 valence electrons. The Morgan fingerprint density at radius 3 is 2.88 bits per heavy atom. The first-order valence-electron chi connectivity index (χ1n) is 8.77. The zero-order valence-corrected chi connectivity index (χ0v) is 14.5. The highest BCUT2D eigenvalue weighted by atomic mass is 32.1. The molecule has 24 heavy (non-hydrogen) atoms. The van der Waals surface area contributed by atoms with Gasteiger partial charge >= 0.3 is 0 Å². The van der Waals surface area contributed by atoms with Crippen molar-refractivity contribution in [1.29, 1.82) is 0 Å². The molecule has 5 heteroatoms. The van der Waals surface area contributed by atoms with E-state index in [1.165, 1.54) is 15.6 Å². The minimum absolute atomic E-state index is 0.0148. The molecule has 2 fully saturated rings. The van der Waals surface area contributed by atoms with Crippen LogP contribution in [-0.4, -0.2) is 35.8 Å². The van der Waals surface area contributed by atoms with Crippen LogP contribution in [0.1, 0.15) is 31.2 Å². The molecule has 2 aliphatic rings. The zero-order valence-electron chi connectivity index (χ0n) is 13.7. The van der Waals surface area contributed by atoms with Gasteiger partial charge in [0.15, 0.2) is 0 Å². The summed E-state index contributed by atoms with van der Waals surface area (Å²) in [4.78, 5) is 26.6. The minimum Gasteiger partial charge on any atom is -0.354 e. The average Bonchev–Trinajstić information content (AvgIpc) is 3.19. The van der Waals surface area contributed by atoms with Gasteiger partial charge < -0.3 is 10.2 Å². The predicted octanol–water partition coefficient (Wildman–Crippen LogP) is 2.96. The van der Waals surface area contributed by atoms with E-state index < -0.39 is 0 Å². The summed E-state index contributed by atoms with van der Waals surface area (Å²) in [6, 6.07) is 8.11. The molecule has 0 radical (unpaired) electrons. The Hall–Kier alpha value is -1.88. The number of likely N-dealkylation sites (tertiary alicyclic amines) is 1. The molecular formula is C19H22N2O2S. The summed E-state index contributed by atoms with van der Waals surface area (Å²) in [5.74, 6) is 0.396. The molecule has 4 rings (SSSR count). The van der Waals surface area contributed by atoms with Crippen molar-refractivity contribution < 1.29 is 9.59 Å². The third kappa shape index (κ3) is 3.05. The maximum Gasteiger partial charge on any atom is 0.242 e. The van der Waals surface area contributed by atoms with E-state index >= 15 is 0 Å². The van der Waals surface area contributed by atoms with E-state index in [9.17, 15) is 9.59 Å². The van der Waals surface area contributed by atoms with Crippen molar-refractivity contribution in [2.24, 2.45) is 5.92 Å². The lowest BCUT2D eigenvalue weighted by Gasteiger charge is -2.24. The number of benzene rings is 1. The molecule has 1 atom stereocenters. The lowest BCUT2D eigenvalue weighted by atomic mass is 10.1. The first-order chi connectivity index (χ1) is 11.7. The topological polar surface area (TPSA) is 49.4 Å². The second-order valence-electron chi connectivity index (χ2n) is 6.76. The number of hydrogen-bond donors (Lipinski definition) is 1. The lowest BCUT2D eigenvalue weighted by Crippen LogP contribution is -2.46. The first kappa shape index (κ1) is 15.6. The largest absolute Gasteiger partial charge is 0.354 e. The van der Waals surface area contributed by atoms with Crippen LogP contribution in [0, 0.1) is 5.92 Å². The van der Waals surface area contributed by atoms with Crippen molar-refractivity contribution in [2.75, 3.05) is 13.1 Å². The smallest absolute Gasteiger partial charge is 0.242 e. The van der Waals surface area contributed by atoms with Crippen LogP contribution in [0.3, 0.4) is 0 Å². The van der Waals surface area contributed by atoms with Gasteiger partial charge in [0, 0.05) is 23.7 Å². The van der Waals surface area contributed by atoms with Gasteiger partial charge in [-0.25, -0.2) is 0 Å². The molecule has 0 unspecified atom stereocenters. The summed E-state index contributed by atoms with van der Waals surface area (Å²) >= 11 is 1.75. The number of carbonyl (C=O) groups is 2. The minimum atomic E-state index is -0.252. The molecule has 1 aromatic heterocycles. The van der Waals surface area contributed by atoms with Gasteiger partial charge in [-0.1, -0.05) is 18.2 Å². The van der Waals surface area contributed by atoms with Crippen molar-refractivity contribution in [2.45, 2.75) is 38.1 Å². The van der Waals surface area contributed by atoms with Gasteiger partial charge in [0.2, 0.25) is 11.8 Å². The average molecular weight is 342 g/mol. The van der Waals surface area contributed by atoms with E-state index in [1.54, 1.807) is 11.3 Å². The molecule has 1 aliphatic carbocycles. The third-order valence-corrected chi connectivity index (χ3v) is 6.03. The van der Waals surface area contributed by atoms with Crippen LogP contribution in [0.25, 0.3) is 10.1 Å². The van der Waals surface area contributed by atoms with Crippen molar-refractivity contribution in [3.8, 4) is 0 Å². The Morgan fingerprint density at radius 2 is 2.04 bits per heavy atom. The van der Waals surface area contributed by atoms with Crippen LogP contribution in [0.5, 0.6) is 0 Å².